The Kier molecular flexibility index (Phi) is 6.95. The van der Waals surface area contributed by atoms with Crippen LogP contribution >= 0.6 is 39.7 Å². The molecular weight excluding hydrogens is 474 g/mol. The SMILES string of the molecule is COc1cccc(CNC(=O)Cc2csc3nc(-c4cccc(Br)c4)cn23)c1.Cl. The van der Waals surface area contributed by atoms with Crippen molar-refractivity contribution < 1.29 is 9.53 Å². The number of carbonyl (C=O) groups is 1. The molecule has 0 saturated heterocycles. The molecule has 0 atom stereocenters. The van der Waals surface area contributed by atoms with Crippen LogP contribution in [0.3, 0.4) is 0 Å². The number of ether oxygens (including phenoxy) is 1. The number of carbonyl (C=O) groups excluding carboxylic acids is 1. The molecular formula is C21H19BrClN3O2S. The fourth-order valence-corrected chi connectivity index (χ4v) is 4.23. The van der Waals surface area contributed by atoms with E-state index in [1.165, 1.54) is 11.3 Å². The van der Waals surface area contributed by atoms with Crippen LogP contribution in [0.2, 0.25) is 0 Å². The van der Waals surface area contributed by atoms with Gasteiger partial charge in [-0.3, -0.25) is 9.20 Å². The first-order valence-corrected chi connectivity index (χ1v) is 10.4. The first-order chi connectivity index (χ1) is 13.6. The molecule has 0 unspecified atom stereocenters. The highest BCUT2D eigenvalue weighted by atomic mass is 79.9. The van der Waals surface area contributed by atoms with E-state index in [1.807, 2.05) is 64.5 Å². The summed E-state index contributed by atoms with van der Waals surface area (Å²) in [5.41, 5.74) is 3.87. The lowest BCUT2D eigenvalue weighted by atomic mass is 10.2. The fourth-order valence-electron chi connectivity index (χ4n) is 2.95. The number of hydrogen-bond donors (Lipinski definition) is 1. The van der Waals surface area contributed by atoms with Crippen molar-refractivity contribution in [2.45, 2.75) is 13.0 Å². The topological polar surface area (TPSA) is 55.6 Å². The smallest absolute Gasteiger partial charge is 0.226 e. The van der Waals surface area contributed by atoms with Gasteiger partial charge < -0.3 is 10.1 Å². The Morgan fingerprint density at radius 1 is 1.24 bits per heavy atom. The van der Waals surface area contributed by atoms with Crippen LogP contribution in [0, 0.1) is 0 Å². The Morgan fingerprint density at radius 2 is 2.07 bits per heavy atom. The van der Waals surface area contributed by atoms with E-state index in [4.69, 9.17) is 4.74 Å². The Hall–Kier alpha value is -2.35. The number of amides is 1. The molecule has 5 nitrogen and oxygen atoms in total. The highest BCUT2D eigenvalue weighted by Gasteiger charge is 2.13. The molecule has 2 heterocycles. The summed E-state index contributed by atoms with van der Waals surface area (Å²) in [7, 11) is 1.63. The number of imidazole rings is 1. The van der Waals surface area contributed by atoms with Crippen molar-refractivity contribution >= 4 is 50.5 Å². The zero-order chi connectivity index (χ0) is 19.5. The number of hydrogen-bond acceptors (Lipinski definition) is 4. The zero-order valence-corrected chi connectivity index (χ0v) is 18.8. The molecule has 0 aliphatic rings. The second-order valence-corrected chi connectivity index (χ2v) is 8.07. The molecule has 1 N–H and O–H groups in total. The normalized spacial score (nSPS) is 10.6. The second-order valence-electron chi connectivity index (χ2n) is 6.32. The number of aromatic nitrogens is 2. The van der Waals surface area contributed by atoms with Gasteiger partial charge in [-0.2, -0.15) is 0 Å². The third-order valence-corrected chi connectivity index (χ3v) is 5.75. The average Bonchev–Trinajstić information content (AvgIpc) is 3.29. The molecule has 2 aromatic carbocycles. The highest BCUT2D eigenvalue weighted by Crippen LogP contribution is 2.26. The minimum Gasteiger partial charge on any atom is -0.497 e. The Morgan fingerprint density at radius 3 is 2.86 bits per heavy atom. The first-order valence-electron chi connectivity index (χ1n) is 8.73. The zero-order valence-electron chi connectivity index (χ0n) is 15.6. The van der Waals surface area contributed by atoms with E-state index in [-0.39, 0.29) is 18.3 Å². The van der Waals surface area contributed by atoms with Gasteiger partial charge in [-0.15, -0.1) is 23.7 Å². The number of halogens is 2. The van der Waals surface area contributed by atoms with Gasteiger partial charge in [-0.05, 0) is 29.8 Å². The quantitative estimate of drug-likeness (QED) is 0.407. The number of nitrogens with zero attached hydrogens (tertiary/aromatic N) is 2. The minimum atomic E-state index is -0.0276. The van der Waals surface area contributed by atoms with Crippen molar-refractivity contribution in [1.82, 2.24) is 14.7 Å². The Labute approximate surface area is 187 Å². The van der Waals surface area contributed by atoms with Gasteiger partial charge in [0.25, 0.3) is 0 Å². The number of methoxy groups -OCH3 is 1. The number of thiazole rings is 1. The second kappa shape index (κ2) is 9.43. The van der Waals surface area contributed by atoms with E-state index in [2.05, 4.69) is 26.2 Å². The summed E-state index contributed by atoms with van der Waals surface area (Å²) in [6.07, 6.45) is 2.29. The monoisotopic (exact) mass is 491 g/mol. The minimum absolute atomic E-state index is 0. The third kappa shape index (κ3) is 4.98. The standard InChI is InChI=1S/C21H18BrN3O2S.ClH/c1-27-18-7-2-4-14(8-18)11-23-20(26)10-17-13-28-21-24-19(12-25(17)21)15-5-3-6-16(22)9-15;/h2-9,12-13H,10-11H2,1H3,(H,23,26);1H. The summed E-state index contributed by atoms with van der Waals surface area (Å²) in [5, 5.41) is 4.95. The maximum absolute atomic E-state index is 12.4. The predicted molar refractivity (Wildman–Crippen MR) is 122 cm³/mol. The van der Waals surface area contributed by atoms with Crippen molar-refractivity contribution in [3.05, 3.63) is 75.8 Å². The molecule has 29 heavy (non-hydrogen) atoms. The van der Waals surface area contributed by atoms with Crippen LogP contribution < -0.4 is 10.1 Å². The van der Waals surface area contributed by atoms with Crippen LogP contribution in [0.25, 0.3) is 16.2 Å². The lowest BCUT2D eigenvalue weighted by molar-refractivity contribution is -0.120. The lowest BCUT2D eigenvalue weighted by Crippen LogP contribution is -2.25. The molecule has 0 radical (unpaired) electrons. The molecule has 150 valence electrons. The molecule has 4 rings (SSSR count). The largest absolute Gasteiger partial charge is 0.497 e. The number of rotatable bonds is 6. The van der Waals surface area contributed by atoms with Crippen molar-refractivity contribution in [3.8, 4) is 17.0 Å². The van der Waals surface area contributed by atoms with Crippen LogP contribution in [0.4, 0.5) is 0 Å². The summed E-state index contributed by atoms with van der Waals surface area (Å²) in [4.78, 5) is 18.0. The summed E-state index contributed by atoms with van der Waals surface area (Å²) in [6.45, 7) is 0.469. The lowest BCUT2D eigenvalue weighted by Gasteiger charge is -2.07. The molecule has 0 aliphatic heterocycles. The summed E-state index contributed by atoms with van der Waals surface area (Å²) >= 11 is 5.03. The molecule has 0 fully saturated rings. The maximum atomic E-state index is 12.4. The summed E-state index contributed by atoms with van der Waals surface area (Å²) in [6, 6.07) is 15.7. The highest BCUT2D eigenvalue weighted by molar-refractivity contribution is 9.10. The molecule has 4 aromatic rings. The molecule has 0 aliphatic carbocycles. The van der Waals surface area contributed by atoms with Crippen molar-refractivity contribution in [2.75, 3.05) is 7.11 Å². The fraction of sp³-hybridized carbons (Fsp3) is 0.143. The average molecular weight is 493 g/mol. The van der Waals surface area contributed by atoms with Gasteiger partial charge in [0.15, 0.2) is 4.96 Å². The summed E-state index contributed by atoms with van der Waals surface area (Å²) < 4.78 is 8.22. The van der Waals surface area contributed by atoms with Gasteiger partial charge in [-0.25, -0.2) is 4.98 Å². The third-order valence-electron chi connectivity index (χ3n) is 4.37. The molecule has 8 heteroatoms. The van der Waals surface area contributed by atoms with Gasteiger partial charge in [-0.1, -0.05) is 40.2 Å². The molecule has 2 aromatic heterocycles. The van der Waals surface area contributed by atoms with Crippen molar-refractivity contribution in [3.63, 3.8) is 0 Å². The number of benzene rings is 2. The predicted octanol–water partition coefficient (Wildman–Crippen LogP) is 5.11. The van der Waals surface area contributed by atoms with Gasteiger partial charge in [0.2, 0.25) is 5.91 Å². The van der Waals surface area contributed by atoms with Crippen molar-refractivity contribution in [2.24, 2.45) is 0 Å². The molecule has 0 saturated carbocycles. The number of fused-ring (bicyclic) bond motifs is 1. The van der Waals surface area contributed by atoms with E-state index in [9.17, 15) is 4.79 Å². The van der Waals surface area contributed by atoms with Crippen LogP contribution in [0.5, 0.6) is 5.75 Å². The van der Waals surface area contributed by atoms with Crippen LogP contribution in [0.1, 0.15) is 11.3 Å². The van der Waals surface area contributed by atoms with E-state index < -0.39 is 0 Å². The maximum Gasteiger partial charge on any atom is 0.226 e. The van der Waals surface area contributed by atoms with Gasteiger partial charge in [0, 0.05) is 33.9 Å². The van der Waals surface area contributed by atoms with Crippen LogP contribution in [0.15, 0.2) is 64.6 Å². The van der Waals surface area contributed by atoms with E-state index >= 15 is 0 Å². The molecule has 0 bridgehead atoms. The summed E-state index contributed by atoms with van der Waals surface area (Å²) in [5.74, 6) is 0.755. The van der Waals surface area contributed by atoms with Gasteiger partial charge in [0.1, 0.15) is 5.75 Å². The van der Waals surface area contributed by atoms with Crippen LogP contribution in [-0.4, -0.2) is 22.4 Å². The first kappa shape index (κ1) is 21.4. The van der Waals surface area contributed by atoms with E-state index in [0.717, 1.165) is 37.7 Å². The van der Waals surface area contributed by atoms with Crippen LogP contribution in [-0.2, 0) is 17.8 Å². The van der Waals surface area contributed by atoms with E-state index in [1.54, 1.807) is 7.11 Å². The van der Waals surface area contributed by atoms with Crippen molar-refractivity contribution in [1.29, 1.82) is 0 Å². The molecule has 1 amide bonds. The number of nitrogens with one attached hydrogen (secondary N) is 1. The Balaban J connectivity index is 0.00000240. The van der Waals surface area contributed by atoms with E-state index in [0.29, 0.717) is 13.0 Å². The Bertz CT molecular complexity index is 1140. The van der Waals surface area contributed by atoms with Gasteiger partial charge >= 0.3 is 0 Å². The van der Waals surface area contributed by atoms with Gasteiger partial charge in [0.05, 0.1) is 19.2 Å². The molecule has 0 spiro atoms.